The van der Waals surface area contributed by atoms with Gasteiger partial charge in [0.15, 0.2) is 5.76 Å². The van der Waals surface area contributed by atoms with E-state index in [1.54, 1.807) is 24.7 Å². The topological polar surface area (TPSA) is 106 Å². The molecule has 0 spiro atoms. The van der Waals surface area contributed by atoms with Crippen LogP contribution in [0.2, 0.25) is 0 Å². The molecule has 0 bridgehead atoms. The number of carbonyl (C=O) groups excluding carboxylic acids is 2. The van der Waals surface area contributed by atoms with E-state index in [4.69, 9.17) is 9.15 Å². The van der Waals surface area contributed by atoms with Gasteiger partial charge in [-0.3, -0.25) is 19.9 Å². The predicted molar refractivity (Wildman–Crippen MR) is 132 cm³/mol. The number of amides is 2. The minimum atomic E-state index is -0.726. The predicted octanol–water partition coefficient (Wildman–Crippen LogP) is 5.00. The van der Waals surface area contributed by atoms with E-state index in [1.165, 1.54) is 0 Å². The second kappa shape index (κ2) is 11.6. The Morgan fingerprint density at radius 2 is 1.71 bits per heavy atom. The summed E-state index contributed by atoms with van der Waals surface area (Å²) in [4.78, 5) is 33.8. The number of oxazole rings is 1. The standard InChI is InChI=1S/C27H26N4O4/c1-2-9-23(26(33)31-27-29-18-24(35-27)20-10-5-3-6-11-20)30-25(32)15-19-14-22(17-28-16-19)34-21-12-7-4-8-13-21/h3-8,10-14,16-18,23H,2,9,15H2,1H3,(H,30,32)(H,29,31,33). The normalized spacial score (nSPS) is 11.5. The molecule has 8 nitrogen and oxygen atoms in total. The van der Waals surface area contributed by atoms with Gasteiger partial charge in [0.05, 0.1) is 18.8 Å². The van der Waals surface area contributed by atoms with Crippen molar-refractivity contribution in [3.63, 3.8) is 0 Å². The van der Waals surface area contributed by atoms with Crippen molar-refractivity contribution >= 4 is 17.8 Å². The number of benzene rings is 2. The average molecular weight is 471 g/mol. The molecule has 2 aromatic carbocycles. The summed E-state index contributed by atoms with van der Waals surface area (Å²) in [6, 6.07) is 19.9. The molecular weight excluding hydrogens is 444 g/mol. The van der Waals surface area contributed by atoms with Gasteiger partial charge in [-0.05, 0) is 30.2 Å². The summed E-state index contributed by atoms with van der Waals surface area (Å²) in [5, 5.41) is 5.46. The highest BCUT2D eigenvalue weighted by molar-refractivity contribution is 5.96. The van der Waals surface area contributed by atoms with E-state index in [-0.39, 0.29) is 24.2 Å². The van der Waals surface area contributed by atoms with Crippen LogP contribution in [0.25, 0.3) is 11.3 Å². The molecule has 0 saturated carbocycles. The number of hydrogen-bond acceptors (Lipinski definition) is 6. The van der Waals surface area contributed by atoms with Crippen LogP contribution >= 0.6 is 0 Å². The quantitative estimate of drug-likeness (QED) is 0.338. The third kappa shape index (κ3) is 6.77. The molecule has 0 aliphatic carbocycles. The fourth-order valence-electron chi connectivity index (χ4n) is 3.49. The van der Waals surface area contributed by atoms with Crippen LogP contribution < -0.4 is 15.4 Å². The number of rotatable bonds is 10. The molecule has 2 heterocycles. The summed E-state index contributed by atoms with van der Waals surface area (Å²) in [5.74, 6) is 1.07. The lowest BCUT2D eigenvalue weighted by Gasteiger charge is -2.17. The molecular formula is C27H26N4O4. The Morgan fingerprint density at radius 3 is 2.46 bits per heavy atom. The van der Waals surface area contributed by atoms with Gasteiger partial charge in [0, 0.05) is 11.8 Å². The van der Waals surface area contributed by atoms with Crippen LogP contribution in [-0.4, -0.2) is 27.8 Å². The number of carbonyl (C=O) groups is 2. The summed E-state index contributed by atoms with van der Waals surface area (Å²) in [7, 11) is 0. The Hall–Kier alpha value is -4.46. The maximum absolute atomic E-state index is 12.8. The first-order chi connectivity index (χ1) is 17.1. The molecule has 2 amide bonds. The van der Waals surface area contributed by atoms with Gasteiger partial charge in [-0.2, -0.15) is 0 Å². The van der Waals surface area contributed by atoms with Crippen LogP contribution in [0.15, 0.2) is 89.7 Å². The third-order valence-electron chi connectivity index (χ3n) is 5.14. The van der Waals surface area contributed by atoms with E-state index in [9.17, 15) is 9.59 Å². The Morgan fingerprint density at radius 1 is 0.971 bits per heavy atom. The third-order valence-corrected chi connectivity index (χ3v) is 5.14. The summed E-state index contributed by atoms with van der Waals surface area (Å²) in [6.07, 6.45) is 5.98. The highest BCUT2D eigenvalue weighted by Crippen LogP contribution is 2.23. The zero-order chi connectivity index (χ0) is 24.5. The van der Waals surface area contributed by atoms with Crippen LogP contribution in [0.3, 0.4) is 0 Å². The molecule has 0 aliphatic rings. The lowest BCUT2D eigenvalue weighted by molar-refractivity contribution is -0.126. The molecule has 4 rings (SSSR count). The van der Waals surface area contributed by atoms with Crippen molar-refractivity contribution in [2.24, 2.45) is 0 Å². The second-order valence-electron chi connectivity index (χ2n) is 7.91. The van der Waals surface area contributed by atoms with Crippen LogP contribution in [0.1, 0.15) is 25.3 Å². The molecule has 0 fully saturated rings. The van der Waals surface area contributed by atoms with Crippen LogP contribution in [0, 0.1) is 0 Å². The van der Waals surface area contributed by atoms with Crippen LogP contribution in [0.5, 0.6) is 11.5 Å². The number of aromatic nitrogens is 2. The van der Waals surface area contributed by atoms with E-state index < -0.39 is 6.04 Å². The Kier molecular flexibility index (Phi) is 7.85. The smallest absolute Gasteiger partial charge is 0.301 e. The second-order valence-corrected chi connectivity index (χ2v) is 7.91. The van der Waals surface area contributed by atoms with Crippen LogP contribution in [-0.2, 0) is 16.0 Å². The number of nitrogens with one attached hydrogen (secondary N) is 2. The number of ether oxygens (including phenoxy) is 1. The molecule has 35 heavy (non-hydrogen) atoms. The first-order valence-electron chi connectivity index (χ1n) is 11.4. The minimum Gasteiger partial charge on any atom is -0.456 e. The Bertz CT molecular complexity index is 1260. The number of para-hydroxylation sites is 1. The molecule has 1 unspecified atom stereocenters. The summed E-state index contributed by atoms with van der Waals surface area (Å²) < 4.78 is 11.4. The molecule has 0 saturated heterocycles. The first kappa shape index (κ1) is 23.7. The summed E-state index contributed by atoms with van der Waals surface area (Å²) in [6.45, 7) is 1.94. The van der Waals surface area contributed by atoms with Crippen molar-refractivity contribution in [1.82, 2.24) is 15.3 Å². The molecule has 4 aromatic rings. The molecule has 0 radical (unpaired) electrons. The highest BCUT2D eigenvalue weighted by Gasteiger charge is 2.22. The van der Waals surface area contributed by atoms with Gasteiger partial charge < -0.3 is 14.5 Å². The van der Waals surface area contributed by atoms with Crippen LogP contribution in [0.4, 0.5) is 6.01 Å². The molecule has 2 aromatic heterocycles. The van der Waals surface area contributed by atoms with Crippen molar-refractivity contribution in [3.8, 4) is 22.8 Å². The van der Waals surface area contributed by atoms with E-state index in [2.05, 4.69) is 20.6 Å². The van der Waals surface area contributed by atoms with Crippen molar-refractivity contribution in [2.45, 2.75) is 32.2 Å². The lowest BCUT2D eigenvalue weighted by atomic mass is 10.1. The molecule has 178 valence electrons. The number of anilines is 1. The molecule has 8 heteroatoms. The van der Waals surface area contributed by atoms with Gasteiger partial charge >= 0.3 is 6.01 Å². The zero-order valence-electron chi connectivity index (χ0n) is 19.3. The van der Waals surface area contributed by atoms with Crippen molar-refractivity contribution in [1.29, 1.82) is 0 Å². The largest absolute Gasteiger partial charge is 0.456 e. The minimum absolute atomic E-state index is 0.0592. The SMILES string of the molecule is CCCC(NC(=O)Cc1cncc(Oc2ccccc2)c1)C(=O)Nc1ncc(-c2ccccc2)o1. The van der Waals surface area contributed by atoms with Gasteiger partial charge in [-0.25, -0.2) is 4.98 Å². The van der Waals surface area contributed by atoms with E-state index in [1.807, 2.05) is 67.6 Å². The average Bonchev–Trinajstić information content (AvgIpc) is 3.33. The molecule has 2 N–H and O–H groups in total. The van der Waals surface area contributed by atoms with Gasteiger partial charge in [-0.1, -0.05) is 61.9 Å². The fourth-order valence-corrected chi connectivity index (χ4v) is 3.49. The van der Waals surface area contributed by atoms with Gasteiger partial charge in [0.1, 0.15) is 17.5 Å². The number of nitrogens with zero attached hydrogens (tertiary/aromatic N) is 2. The van der Waals surface area contributed by atoms with E-state index in [0.29, 0.717) is 35.7 Å². The zero-order valence-corrected chi connectivity index (χ0v) is 19.3. The monoisotopic (exact) mass is 470 g/mol. The van der Waals surface area contributed by atoms with E-state index in [0.717, 1.165) is 5.56 Å². The maximum Gasteiger partial charge on any atom is 0.301 e. The molecule has 1 atom stereocenters. The number of pyridine rings is 1. The van der Waals surface area contributed by atoms with Crippen molar-refractivity contribution < 1.29 is 18.7 Å². The van der Waals surface area contributed by atoms with Gasteiger partial charge in [-0.15, -0.1) is 0 Å². The van der Waals surface area contributed by atoms with Crippen molar-refractivity contribution in [2.75, 3.05) is 5.32 Å². The Labute approximate surface area is 203 Å². The fraction of sp³-hybridized carbons (Fsp3) is 0.185. The number of hydrogen-bond donors (Lipinski definition) is 2. The lowest BCUT2D eigenvalue weighted by Crippen LogP contribution is -2.44. The molecule has 0 aliphatic heterocycles. The summed E-state index contributed by atoms with van der Waals surface area (Å²) in [5.41, 5.74) is 1.53. The first-order valence-corrected chi connectivity index (χ1v) is 11.4. The van der Waals surface area contributed by atoms with E-state index >= 15 is 0 Å². The summed E-state index contributed by atoms with van der Waals surface area (Å²) >= 11 is 0. The van der Waals surface area contributed by atoms with Gasteiger partial charge in [0.25, 0.3) is 5.91 Å². The highest BCUT2D eigenvalue weighted by atomic mass is 16.5. The Balaban J connectivity index is 1.35. The van der Waals surface area contributed by atoms with Gasteiger partial charge in [0.2, 0.25) is 5.91 Å². The maximum atomic E-state index is 12.8. The van der Waals surface area contributed by atoms with Crippen molar-refractivity contribution in [3.05, 3.63) is 90.9 Å².